The van der Waals surface area contributed by atoms with Gasteiger partial charge >= 0.3 is 0 Å². The first-order valence-corrected chi connectivity index (χ1v) is 13.0. The first-order valence-electron chi connectivity index (χ1n) is 13.0. The van der Waals surface area contributed by atoms with E-state index in [-0.39, 0.29) is 23.9 Å². The molecule has 0 unspecified atom stereocenters. The van der Waals surface area contributed by atoms with E-state index in [1.165, 1.54) is 6.33 Å². The van der Waals surface area contributed by atoms with Gasteiger partial charge in [0.25, 0.3) is 5.91 Å². The fourth-order valence-electron chi connectivity index (χ4n) is 5.31. The van der Waals surface area contributed by atoms with Crippen LogP contribution in [0.2, 0.25) is 0 Å². The van der Waals surface area contributed by atoms with E-state index in [0.717, 1.165) is 35.3 Å². The number of aromatic nitrogens is 3. The molecule has 2 aromatic carbocycles. The lowest BCUT2D eigenvalue weighted by Gasteiger charge is -2.30. The zero-order chi connectivity index (χ0) is 26.5. The lowest BCUT2D eigenvalue weighted by atomic mass is 10.1. The summed E-state index contributed by atoms with van der Waals surface area (Å²) in [7, 11) is 1.66. The highest BCUT2D eigenvalue weighted by atomic mass is 16.5. The third-order valence-electron chi connectivity index (χ3n) is 7.33. The first kappa shape index (κ1) is 25.7. The van der Waals surface area contributed by atoms with Gasteiger partial charge in [0.2, 0.25) is 5.91 Å². The number of amides is 2. The third kappa shape index (κ3) is 5.96. The topological polar surface area (TPSA) is 111 Å². The molecule has 3 aromatic rings. The zero-order valence-electron chi connectivity index (χ0n) is 21.9. The third-order valence-corrected chi connectivity index (χ3v) is 7.33. The molecule has 0 saturated carbocycles. The summed E-state index contributed by atoms with van der Waals surface area (Å²) in [6, 6.07) is 11.8. The minimum atomic E-state index is -0.123. The molecule has 3 heterocycles. The Balaban J connectivity index is 1.37. The van der Waals surface area contributed by atoms with Gasteiger partial charge in [0.05, 0.1) is 20.2 Å². The summed E-state index contributed by atoms with van der Waals surface area (Å²) in [6.07, 6.45) is 5.39. The molecule has 38 heavy (non-hydrogen) atoms. The van der Waals surface area contributed by atoms with Gasteiger partial charge in [-0.25, -0.2) is 9.67 Å². The van der Waals surface area contributed by atoms with Crippen molar-refractivity contribution in [2.45, 2.75) is 51.4 Å². The summed E-state index contributed by atoms with van der Waals surface area (Å²) in [5.74, 6) is 1.33. The first-order chi connectivity index (χ1) is 18.5. The van der Waals surface area contributed by atoms with Crippen LogP contribution in [0.15, 0.2) is 49.1 Å². The van der Waals surface area contributed by atoms with E-state index >= 15 is 0 Å². The van der Waals surface area contributed by atoms with Gasteiger partial charge < -0.3 is 20.1 Å². The summed E-state index contributed by atoms with van der Waals surface area (Å²) in [4.78, 5) is 32.2. The number of benzene rings is 2. The lowest BCUT2D eigenvalue weighted by molar-refractivity contribution is -0.122. The molecular formula is C28H34N6O4. The average Bonchev–Trinajstić information content (AvgIpc) is 3.56. The van der Waals surface area contributed by atoms with Crippen LogP contribution in [0.1, 0.15) is 46.3 Å². The van der Waals surface area contributed by atoms with Crippen molar-refractivity contribution >= 4 is 11.8 Å². The molecule has 0 spiro atoms. The molecule has 10 nitrogen and oxygen atoms in total. The van der Waals surface area contributed by atoms with Gasteiger partial charge in [-0.2, -0.15) is 5.10 Å². The molecule has 2 atom stereocenters. The highest BCUT2D eigenvalue weighted by molar-refractivity contribution is 5.94. The maximum absolute atomic E-state index is 13.0. The maximum atomic E-state index is 13.0. The van der Waals surface area contributed by atoms with Gasteiger partial charge in [-0.3, -0.25) is 14.5 Å². The SMILES string of the molecule is COc1ccc(CN2[C@@H]3CC[C@H]2CC(=O)NCCOc2cc(ccc2C)C(=O)NC3)cc1Cn1cncn1. The van der Waals surface area contributed by atoms with Crippen LogP contribution in [0.5, 0.6) is 11.5 Å². The van der Waals surface area contributed by atoms with Crippen molar-refractivity contribution in [2.24, 2.45) is 0 Å². The molecule has 4 bridgehead atoms. The van der Waals surface area contributed by atoms with Gasteiger partial charge in [-0.15, -0.1) is 0 Å². The van der Waals surface area contributed by atoms with Crippen molar-refractivity contribution in [3.63, 3.8) is 0 Å². The lowest BCUT2D eigenvalue weighted by Crippen LogP contribution is -2.44. The standard InChI is InChI=1S/C28H34N6O4/c1-19-3-5-21-12-26(19)38-10-9-30-27(35)13-23-6-7-24(14-31-28(21)36)34(23)15-20-4-8-25(37-2)22(11-20)16-33-18-29-17-32-33/h3-5,8,11-12,17-18,23-24H,6-7,9-10,13-16H2,1-2H3,(H,30,35)(H,31,36)/t23-,24+/m0/s1. The fraction of sp³-hybridized carbons (Fsp3) is 0.429. The zero-order valence-corrected chi connectivity index (χ0v) is 21.9. The number of nitrogens with zero attached hydrogens (tertiary/aromatic N) is 4. The number of carbonyl (C=O) groups excluding carboxylic acids is 2. The number of hydrogen-bond acceptors (Lipinski definition) is 7. The summed E-state index contributed by atoms with van der Waals surface area (Å²) in [5.41, 5.74) is 3.63. The molecule has 1 aromatic heterocycles. The van der Waals surface area contributed by atoms with Gasteiger partial charge in [0.1, 0.15) is 30.8 Å². The number of hydrogen-bond donors (Lipinski definition) is 2. The summed E-state index contributed by atoms with van der Waals surface area (Å²) < 4.78 is 13.2. The van der Waals surface area contributed by atoms with Crippen molar-refractivity contribution in [3.8, 4) is 11.5 Å². The van der Waals surface area contributed by atoms with Crippen LogP contribution in [-0.4, -0.2) is 70.4 Å². The van der Waals surface area contributed by atoms with Crippen LogP contribution in [-0.2, 0) is 17.9 Å². The number of rotatable bonds is 5. The summed E-state index contributed by atoms with van der Waals surface area (Å²) in [5, 5.41) is 10.3. The predicted molar refractivity (Wildman–Crippen MR) is 141 cm³/mol. The van der Waals surface area contributed by atoms with Gasteiger partial charge in [-0.05, 0) is 55.2 Å². The number of carbonyl (C=O) groups is 2. The van der Waals surface area contributed by atoms with Crippen LogP contribution < -0.4 is 20.1 Å². The molecule has 0 radical (unpaired) electrons. The van der Waals surface area contributed by atoms with Crippen LogP contribution in [0, 0.1) is 6.92 Å². The van der Waals surface area contributed by atoms with Gasteiger partial charge in [0.15, 0.2) is 0 Å². The Labute approximate surface area is 222 Å². The second-order valence-electron chi connectivity index (χ2n) is 9.89. The van der Waals surface area contributed by atoms with E-state index < -0.39 is 0 Å². The van der Waals surface area contributed by atoms with E-state index in [1.54, 1.807) is 24.2 Å². The van der Waals surface area contributed by atoms with Crippen molar-refractivity contribution in [1.29, 1.82) is 0 Å². The summed E-state index contributed by atoms with van der Waals surface area (Å²) >= 11 is 0. The van der Waals surface area contributed by atoms with E-state index in [1.807, 2.05) is 25.1 Å². The van der Waals surface area contributed by atoms with Crippen molar-refractivity contribution in [2.75, 3.05) is 26.8 Å². The van der Waals surface area contributed by atoms with E-state index in [2.05, 4.69) is 37.7 Å². The highest BCUT2D eigenvalue weighted by Gasteiger charge is 2.35. The number of ether oxygens (including phenoxy) is 2. The van der Waals surface area contributed by atoms with E-state index in [0.29, 0.717) is 50.5 Å². The van der Waals surface area contributed by atoms with Crippen molar-refractivity contribution in [1.82, 2.24) is 30.3 Å². The largest absolute Gasteiger partial charge is 0.496 e. The number of nitrogens with one attached hydrogen (secondary N) is 2. The van der Waals surface area contributed by atoms with Gasteiger partial charge in [-0.1, -0.05) is 12.1 Å². The Kier molecular flexibility index (Phi) is 7.88. The van der Waals surface area contributed by atoms with E-state index in [9.17, 15) is 9.59 Å². The monoisotopic (exact) mass is 518 g/mol. The second kappa shape index (κ2) is 11.6. The molecule has 5 rings (SSSR count). The number of fused-ring (bicyclic) bond motifs is 4. The molecule has 2 aliphatic rings. The quantitative estimate of drug-likeness (QED) is 0.533. The fourth-order valence-corrected chi connectivity index (χ4v) is 5.31. The maximum Gasteiger partial charge on any atom is 0.251 e. The van der Waals surface area contributed by atoms with Gasteiger partial charge in [0, 0.05) is 42.7 Å². The Bertz CT molecular complexity index is 1280. The highest BCUT2D eigenvalue weighted by Crippen LogP contribution is 2.30. The van der Waals surface area contributed by atoms with E-state index in [4.69, 9.17) is 9.47 Å². The van der Waals surface area contributed by atoms with Crippen LogP contribution in [0.25, 0.3) is 0 Å². The molecule has 200 valence electrons. The minimum absolute atomic E-state index is 0.00947. The van der Waals surface area contributed by atoms with Crippen LogP contribution >= 0.6 is 0 Å². The number of aryl methyl sites for hydroxylation is 1. The molecule has 10 heteroatoms. The average molecular weight is 519 g/mol. The Morgan fingerprint density at radius 3 is 2.76 bits per heavy atom. The summed E-state index contributed by atoms with van der Waals surface area (Å²) in [6.45, 7) is 4.40. The Morgan fingerprint density at radius 2 is 1.95 bits per heavy atom. The molecular weight excluding hydrogens is 484 g/mol. The van der Waals surface area contributed by atoms with Crippen LogP contribution in [0.4, 0.5) is 0 Å². The molecule has 0 aliphatic carbocycles. The minimum Gasteiger partial charge on any atom is -0.496 e. The van der Waals surface area contributed by atoms with Crippen molar-refractivity contribution in [3.05, 3.63) is 71.3 Å². The molecule has 1 saturated heterocycles. The molecule has 2 amide bonds. The molecule has 2 aliphatic heterocycles. The van der Waals surface area contributed by atoms with Crippen molar-refractivity contribution < 1.29 is 19.1 Å². The smallest absolute Gasteiger partial charge is 0.251 e. The molecule has 1 fully saturated rings. The number of methoxy groups -OCH3 is 1. The van der Waals surface area contributed by atoms with Crippen LogP contribution in [0.3, 0.4) is 0 Å². The Morgan fingerprint density at radius 1 is 1.08 bits per heavy atom. The normalized spacial score (nSPS) is 20.6. The molecule has 2 N–H and O–H groups in total. The Hall–Kier alpha value is -3.92. The second-order valence-corrected chi connectivity index (χ2v) is 9.89. The predicted octanol–water partition coefficient (Wildman–Crippen LogP) is 2.31.